The molecule has 0 saturated carbocycles. The summed E-state index contributed by atoms with van der Waals surface area (Å²) in [5, 5.41) is 12.8. The number of carbonyl (C=O) groups is 1. The number of rotatable bonds is 5. The summed E-state index contributed by atoms with van der Waals surface area (Å²) in [4.78, 5) is 14.8. The van der Waals surface area contributed by atoms with Gasteiger partial charge in [-0.25, -0.2) is 4.79 Å². The van der Waals surface area contributed by atoms with Gasteiger partial charge in [-0.3, -0.25) is 9.67 Å². The van der Waals surface area contributed by atoms with Gasteiger partial charge in [0, 0.05) is 12.7 Å². The van der Waals surface area contributed by atoms with Crippen LogP contribution in [0.25, 0.3) is 0 Å². The van der Waals surface area contributed by atoms with E-state index in [4.69, 9.17) is 9.84 Å². The van der Waals surface area contributed by atoms with E-state index in [2.05, 4.69) is 10.1 Å². The first kappa shape index (κ1) is 12.1. The fourth-order valence-electron chi connectivity index (χ4n) is 1.54. The fourth-order valence-corrected chi connectivity index (χ4v) is 1.54. The van der Waals surface area contributed by atoms with Gasteiger partial charge in [0.1, 0.15) is 12.4 Å². The van der Waals surface area contributed by atoms with Crippen molar-refractivity contribution in [2.24, 2.45) is 0 Å². The van der Waals surface area contributed by atoms with Gasteiger partial charge in [-0.2, -0.15) is 5.10 Å². The maximum atomic E-state index is 10.8. The Balaban J connectivity index is 2.11. The summed E-state index contributed by atoms with van der Waals surface area (Å²) in [5.41, 5.74) is 0.750. The van der Waals surface area contributed by atoms with Crippen LogP contribution in [0.15, 0.2) is 30.6 Å². The summed E-state index contributed by atoms with van der Waals surface area (Å²) in [6, 6.07) is 5.08. The zero-order valence-electron chi connectivity index (χ0n) is 9.91. The minimum Gasteiger partial charge on any atom is -0.486 e. The number of hydrogen-bond donors (Lipinski definition) is 1. The highest BCUT2D eigenvalue weighted by molar-refractivity contribution is 5.85. The lowest BCUT2D eigenvalue weighted by molar-refractivity contribution is 0.0689. The van der Waals surface area contributed by atoms with Gasteiger partial charge in [0.25, 0.3) is 0 Å². The molecular weight excluding hydrogens is 234 g/mol. The van der Waals surface area contributed by atoms with Gasteiger partial charge in [0.15, 0.2) is 5.69 Å². The number of pyridine rings is 1. The predicted octanol–water partition coefficient (Wildman–Crippen LogP) is 1.58. The van der Waals surface area contributed by atoms with E-state index < -0.39 is 5.97 Å². The minimum absolute atomic E-state index is 0.0293. The molecular formula is C12H13N3O3. The Bertz CT molecular complexity index is 537. The third kappa shape index (κ3) is 2.65. The molecule has 0 atom stereocenters. The summed E-state index contributed by atoms with van der Waals surface area (Å²) in [6.07, 6.45) is 3.26. The second-order valence-electron chi connectivity index (χ2n) is 3.62. The topological polar surface area (TPSA) is 77.2 Å². The second kappa shape index (κ2) is 5.31. The number of ether oxygens (including phenoxy) is 1. The molecule has 0 saturated heterocycles. The molecule has 0 bridgehead atoms. The summed E-state index contributed by atoms with van der Waals surface area (Å²) in [5.74, 6) is -0.400. The van der Waals surface area contributed by atoms with E-state index in [9.17, 15) is 4.79 Å². The molecule has 0 aliphatic heterocycles. The third-order valence-corrected chi connectivity index (χ3v) is 2.40. The van der Waals surface area contributed by atoms with E-state index in [1.165, 1.54) is 6.07 Å². The number of nitrogens with zero attached hydrogens (tertiary/aromatic N) is 3. The molecule has 6 nitrogen and oxygen atoms in total. The number of aromatic nitrogens is 3. The molecule has 2 rings (SSSR count). The predicted molar refractivity (Wildman–Crippen MR) is 63.4 cm³/mol. The summed E-state index contributed by atoms with van der Waals surface area (Å²) < 4.78 is 7.12. The van der Waals surface area contributed by atoms with Gasteiger partial charge in [0.05, 0.1) is 11.9 Å². The quantitative estimate of drug-likeness (QED) is 0.867. The summed E-state index contributed by atoms with van der Waals surface area (Å²) in [7, 11) is 0. The zero-order chi connectivity index (χ0) is 13.0. The highest BCUT2D eigenvalue weighted by Gasteiger charge is 2.12. The molecule has 2 aromatic rings. The van der Waals surface area contributed by atoms with Crippen molar-refractivity contribution in [3.8, 4) is 5.75 Å². The number of aromatic carboxylic acids is 1. The van der Waals surface area contributed by atoms with Crippen LogP contribution in [0.2, 0.25) is 0 Å². The molecule has 0 fully saturated rings. The molecule has 18 heavy (non-hydrogen) atoms. The van der Waals surface area contributed by atoms with Gasteiger partial charge in [-0.1, -0.05) is 0 Å². The lowest BCUT2D eigenvalue weighted by Gasteiger charge is -2.06. The summed E-state index contributed by atoms with van der Waals surface area (Å²) in [6.45, 7) is 2.75. The Morgan fingerprint density at radius 2 is 2.39 bits per heavy atom. The molecule has 2 aromatic heterocycles. The molecule has 0 aliphatic rings. The van der Waals surface area contributed by atoms with E-state index >= 15 is 0 Å². The number of hydrogen-bond acceptors (Lipinski definition) is 4. The largest absolute Gasteiger partial charge is 0.486 e. The van der Waals surface area contributed by atoms with Crippen molar-refractivity contribution in [2.45, 2.75) is 20.1 Å². The molecule has 0 spiro atoms. The maximum Gasteiger partial charge on any atom is 0.356 e. The Kier molecular flexibility index (Phi) is 3.57. The Hall–Kier alpha value is -2.37. The highest BCUT2D eigenvalue weighted by Crippen LogP contribution is 2.11. The standard InChI is InChI=1S/C12H13N3O3/c1-2-15-9(6-11(14-15)12(16)17)8-18-10-4-3-5-13-7-10/h3-7H,2,8H2,1H3,(H,16,17). The smallest absolute Gasteiger partial charge is 0.356 e. The Labute approximate surface area is 104 Å². The first-order valence-electron chi connectivity index (χ1n) is 5.53. The number of carboxylic acids is 1. The SMILES string of the molecule is CCn1nc(C(=O)O)cc1COc1cccnc1. The van der Waals surface area contributed by atoms with Crippen LogP contribution in [0, 0.1) is 0 Å². The van der Waals surface area contributed by atoms with Crippen molar-refractivity contribution < 1.29 is 14.6 Å². The van der Waals surface area contributed by atoms with Crippen LogP contribution in [0.4, 0.5) is 0 Å². The fraction of sp³-hybridized carbons (Fsp3) is 0.250. The molecule has 2 heterocycles. The average Bonchev–Trinajstić information content (AvgIpc) is 2.81. The third-order valence-electron chi connectivity index (χ3n) is 2.40. The van der Waals surface area contributed by atoms with Gasteiger partial charge in [-0.05, 0) is 25.1 Å². The first-order valence-corrected chi connectivity index (χ1v) is 5.53. The lowest BCUT2D eigenvalue weighted by Crippen LogP contribution is -2.06. The van der Waals surface area contributed by atoms with Crippen LogP contribution in [-0.4, -0.2) is 25.8 Å². The number of aryl methyl sites for hydroxylation is 1. The van der Waals surface area contributed by atoms with Crippen LogP contribution in [0.3, 0.4) is 0 Å². The molecule has 0 aromatic carbocycles. The first-order chi connectivity index (χ1) is 8.70. The summed E-state index contributed by atoms with van der Waals surface area (Å²) >= 11 is 0. The van der Waals surface area contributed by atoms with Crippen LogP contribution in [-0.2, 0) is 13.2 Å². The van der Waals surface area contributed by atoms with Gasteiger partial charge in [0.2, 0.25) is 0 Å². The van der Waals surface area contributed by atoms with E-state index in [-0.39, 0.29) is 12.3 Å². The number of carboxylic acid groups (broad SMARTS) is 1. The van der Waals surface area contributed by atoms with E-state index in [1.54, 1.807) is 29.2 Å². The van der Waals surface area contributed by atoms with Gasteiger partial charge >= 0.3 is 5.97 Å². The minimum atomic E-state index is -1.04. The van der Waals surface area contributed by atoms with E-state index in [1.807, 2.05) is 6.92 Å². The van der Waals surface area contributed by atoms with Crippen molar-refractivity contribution >= 4 is 5.97 Å². The molecule has 94 valence electrons. The monoisotopic (exact) mass is 247 g/mol. The van der Waals surface area contributed by atoms with Crippen LogP contribution in [0.1, 0.15) is 23.1 Å². The van der Waals surface area contributed by atoms with Gasteiger partial charge in [-0.15, -0.1) is 0 Å². The van der Waals surface area contributed by atoms with E-state index in [0.717, 1.165) is 5.69 Å². The van der Waals surface area contributed by atoms with Crippen molar-refractivity contribution in [2.75, 3.05) is 0 Å². The molecule has 1 N–H and O–H groups in total. The van der Waals surface area contributed by atoms with Crippen LogP contribution >= 0.6 is 0 Å². The van der Waals surface area contributed by atoms with Crippen molar-refractivity contribution in [1.29, 1.82) is 0 Å². The normalized spacial score (nSPS) is 10.3. The van der Waals surface area contributed by atoms with Crippen molar-refractivity contribution in [1.82, 2.24) is 14.8 Å². The molecule has 0 amide bonds. The zero-order valence-corrected chi connectivity index (χ0v) is 9.91. The molecule has 0 unspecified atom stereocenters. The second-order valence-corrected chi connectivity index (χ2v) is 3.62. The Morgan fingerprint density at radius 3 is 3.00 bits per heavy atom. The Morgan fingerprint density at radius 1 is 1.56 bits per heavy atom. The van der Waals surface area contributed by atoms with Gasteiger partial charge < -0.3 is 9.84 Å². The molecule has 0 aliphatic carbocycles. The van der Waals surface area contributed by atoms with E-state index in [0.29, 0.717) is 12.3 Å². The average molecular weight is 247 g/mol. The molecule has 6 heteroatoms. The highest BCUT2D eigenvalue weighted by atomic mass is 16.5. The maximum absolute atomic E-state index is 10.8. The van der Waals surface area contributed by atoms with Crippen molar-refractivity contribution in [3.63, 3.8) is 0 Å². The van der Waals surface area contributed by atoms with Crippen molar-refractivity contribution in [3.05, 3.63) is 42.0 Å². The van der Waals surface area contributed by atoms with Crippen LogP contribution in [0.5, 0.6) is 5.75 Å². The lowest BCUT2D eigenvalue weighted by atomic mass is 10.3. The molecule has 0 radical (unpaired) electrons. The van der Waals surface area contributed by atoms with Crippen LogP contribution < -0.4 is 4.74 Å².